The van der Waals surface area contributed by atoms with E-state index in [2.05, 4.69) is 10.8 Å². The molecule has 18 heavy (non-hydrogen) atoms. The Bertz CT molecular complexity index is 597. The molecule has 0 aliphatic carbocycles. The van der Waals surface area contributed by atoms with E-state index in [4.69, 9.17) is 5.26 Å². The van der Waals surface area contributed by atoms with Gasteiger partial charge >= 0.3 is 15.6 Å². The number of nitrogens with zero attached hydrogens (tertiary/aromatic N) is 1. The first kappa shape index (κ1) is 14.1. The third-order valence-electron chi connectivity index (χ3n) is 1.83. The van der Waals surface area contributed by atoms with Crippen LogP contribution in [0.25, 0.3) is 5.76 Å². The summed E-state index contributed by atoms with van der Waals surface area (Å²) in [7, 11) is -5.73. The molecule has 0 bridgehead atoms. The highest BCUT2D eigenvalue weighted by molar-refractivity contribution is 7.87. The molecule has 0 atom stereocenters. The zero-order chi connectivity index (χ0) is 14.0. The predicted molar refractivity (Wildman–Crippen MR) is 56.3 cm³/mol. The van der Waals surface area contributed by atoms with Crippen molar-refractivity contribution in [2.24, 2.45) is 0 Å². The maximum absolute atomic E-state index is 12.0. The lowest BCUT2D eigenvalue weighted by Gasteiger charge is -2.11. The molecule has 8 heteroatoms. The summed E-state index contributed by atoms with van der Waals surface area (Å²) >= 11 is 0. The van der Waals surface area contributed by atoms with Crippen LogP contribution >= 0.6 is 0 Å². The van der Waals surface area contributed by atoms with Crippen molar-refractivity contribution in [2.75, 3.05) is 0 Å². The topological polar surface area (TPSA) is 67.2 Å². The van der Waals surface area contributed by atoms with Crippen molar-refractivity contribution in [1.29, 1.82) is 5.26 Å². The van der Waals surface area contributed by atoms with Crippen LogP contribution in [0.15, 0.2) is 30.8 Å². The fraction of sp³-hybridized carbons (Fsp3) is 0.100. The van der Waals surface area contributed by atoms with Crippen LogP contribution in [-0.4, -0.2) is 13.9 Å². The highest BCUT2D eigenvalue weighted by Crippen LogP contribution is 2.28. The number of rotatable bonds is 3. The Balaban J connectivity index is 2.94. The molecule has 0 unspecified atom stereocenters. The van der Waals surface area contributed by atoms with Crippen molar-refractivity contribution in [3.63, 3.8) is 0 Å². The summed E-state index contributed by atoms with van der Waals surface area (Å²) in [4.78, 5) is 0. The molecule has 1 rings (SSSR count). The Morgan fingerprint density at radius 2 is 1.78 bits per heavy atom. The summed E-state index contributed by atoms with van der Waals surface area (Å²) in [5, 5.41) is 8.51. The van der Waals surface area contributed by atoms with Crippen molar-refractivity contribution in [3.8, 4) is 6.07 Å². The van der Waals surface area contributed by atoms with Crippen LogP contribution in [0.4, 0.5) is 13.2 Å². The predicted octanol–water partition coefficient (Wildman–Crippen LogP) is 2.40. The number of hydrogen-bond acceptors (Lipinski definition) is 4. The molecule has 0 saturated carbocycles. The van der Waals surface area contributed by atoms with E-state index in [1.807, 2.05) is 0 Å². The Hall–Kier alpha value is -2.01. The molecule has 0 amide bonds. The van der Waals surface area contributed by atoms with Gasteiger partial charge in [0, 0.05) is 5.56 Å². The molecule has 1 aromatic rings. The van der Waals surface area contributed by atoms with Gasteiger partial charge in [-0.05, 0) is 24.3 Å². The molecule has 1 aromatic carbocycles. The van der Waals surface area contributed by atoms with E-state index in [0.717, 1.165) is 0 Å². The highest BCUT2D eigenvalue weighted by Gasteiger charge is 2.48. The summed E-state index contributed by atoms with van der Waals surface area (Å²) in [6, 6.07) is 6.85. The molecule has 0 aliphatic heterocycles. The smallest absolute Gasteiger partial charge is 0.376 e. The van der Waals surface area contributed by atoms with Gasteiger partial charge in [0.15, 0.2) is 0 Å². The van der Waals surface area contributed by atoms with E-state index in [9.17, 15) is 21.6 Å². The lowest BCUT2D eigenvalue weighted by atomic mass is 10.1. The maximum Gasteiger partial charge on any atom is 0.534 e. The summed E-state index contributed by atoms with van der Waals surface area (Å²) in [5.74, 6) is -0.670. The lowest BCUT2D eigenvalue weighted by Crippen LogP contribution is -2.24. The van der Waals surface area contributed by atoms with Gasteiger partial charge in [-0.15, -0.1) is 0 Å². The lowest BCUT2D eigenvalue weighted by molar-refractivity contribution is -0.0509. The summed E-state index contributed by atoms with van der Waals surface area (Å²) < 4.78 is 61.3. The Kier molecular flexibility index (Phi) is 3.67. The first-order valence-corrected chi connectivity index (χ1v) is 5.78. The standard InChI is InChI=1S/C10H6F3NO3S/c1-7(17-18(15,16)10(11,12)13)9-4-2-8(6-14)3-5-9/h2-5H,1H2. The molecular weight excluding hydrogens is 271 g/mol. The quantitative estimate of drug-likeness (QED) is 0.483. The van der Waals surface area contributed by atoms with E-state index in [0.29, 0.717) is 0 Å². The van der Waals surface area contributed by atoms with E-state index in [-0.39, 0.29) is 11.1 Å². The number of hydrogen-bond donors (Lipinski definition) is 0. The number of halogens is 3. The first-order valence-electron chi connectivity index (χ1n) is 4.37. The van der Waals surface area contributed by atoms with Crippen molar-refractivity contribution in [1.82, 2.24) is 0 Å². The van der Waals surface area contributed by atoms with Gasteiger partial charge in [-0.1, -0.05) is 6.58 Å². The largest absolute Gasteiger partial charge is 0.534 e. The van der Waals surface area contributed by atoms with Crippen molar-refractivity contribution >= 4 is 15.9 Å². The zero-order valence-corrected chi connectivity index (χ0v) is 9.55. The summed E-state index contributed by atoms with van der Waals surface area (Å²) in [6.07, 6.45) is 0. The molecule has 0 aliphatic rings. The van der Waals surface area contributed by atoms with Crippen molar-refractivity contribution < 1.29 is 25.8 Å². The Labute approximate surface area is 101 Å². The highest BCUT2D eigenvalue weighted by atomic mass is 32.2. The molecular formula is C10H6F3NO3S. The van der Waals surface area contributed by atoms with Crippen LogP contribution in [0, 0.1) is 11.3 Å². The maximum atomic E-state index is 12.0. The Morgan fingerprint density at radius 1 is 1.28 bits per heavy atom. The monoisotopic (exact) mass is 277 g/mol. The van der Waals surface area contributed by atoms with Crippen LogP contribution in [0.2, 0.25) is 0 Å². The van der Waals surface area contributed by atoms with E-state index >= 15 is 0 Å². The number of benzene rings is 1. The first-order chi connectivity index (χ1) is 8.17. The fourth-order valence-corrected chi connectivity index (χ4v) is 1.41. The van der Waals surface area contributed by atoms with Crippen molar-refractivity contribution in [3.05, 3.63) is 42.0 Å². The third-order valence-corrected chi connectivity index (χ3v) is 2.82. The molecule has 0 aromatic heterocycles. The fourth-order valence-electron chi connectivity index (χ4n) is 0.958. The van der Waals surface area contributed by atoms with Crippen LogP contribution in [-0.2, 0) is 14.3 Å². The molecule has 0 heterocycles. The third kappa shape index (κ3) is 3.01. The van der Waals surface area contributed by atoms with Crippen LogP contribution in [0.5, 0.6) is 0 Å². The molecule has 96 valence electrons. The van der Waals surface area contributed by atoms with Gasteiger partial charge in [-0.2, -0.15) is 26.9 Å². The van der Waals surface area contributed by atoms with E-state index in [1.165, 1.54) is 24.3 Å². The van der Waals surface area contributed by atoms with Gasteiger partial charge in [0.05, 0.1) is 11.6 Å². The summed E-state index contributed by atoms with van der Waals surface area (Å²) in [6.45, 7) is 3.09. The number of alkyl halides is 3. The number of nitriles is 1. The molecule has 4 nitrogen and oxygen atoms in total. The summed E-state index contributed by atoms with van der Waals surface area (Å²) in [5.41, 5.74) is -5.21. The minimum Gasteiger partial charge on any atom is -0.376 e. The van der Waals surface area contributed by atoms with Gasteiger partial charge in [0.25, 0.3) is 0 Å². The molecule has 0 spiro atoms. The zero-order valence-electron chi connectivity index (χ0n) is 8.73. The molecule has 0 radical (unpaired) electrons. The van der Waals surface area contributed by atoms with Gasteiger partial charge in [0.2, 0.25) is 0 Å². The molecule has 0 fully saturated rings. The molecule has 0 N–H and O–H groups in total. The second-order valence-electron chi connectivity index (χ2n) is 3.10. The minimum atomic E-state index is -5.73. The second-order valence-corrected chi connectivity index (χ2v) is 4.63. The average molecular weight is 277 g/mol. The average Bonchev–Trinajstić information content (AvgIpc) is 2.27. The second kappa shape index (κ2) is 4.70. The van der Waals surface area contributed by atoms with Gasteiger partial charge in [-0.25, -0.2) is 0 Å². The van der Waals surface area contributed by atoms with Gasteiger partial charge in [-0.3, -0.25) is 0 Å². The normalized spacial score (nSPS) is 11.7. The van der Waals surface area contributed by atoms with E-state index in [1.54, 1.807) is 6.07 Å². The van der Waals surface area contributed by atoms with Gasteiger partial charge < -0.3 is 4.18 Å². The Morgan fingerprint density at radius 3 is 2.17 bits per heavy atom. The van der Waals surface area contributed by atoms with Crippen LogP contribution < -0.4 is 0 Å². The van der Waals surface area contributed by atoms with Crippen molar-refractivity contribution in [2.45, 2.75) is 5.51 Å². The molecule has 0 saturated heterocycles. The minimum absolute atomic E-state index is 0.0295. The van der Waals surface area contributed by atoms with E-state index < -0.39 is 21.4 Å². The van der Waals surface area contributed by atoms with Crippen LogP contribution in [0.3, 0.4) is 0 Å². The van der Waals surface area contributed by atoms with Crippen LogP contribution in [0.1, 0.15) is 11.1 Å². The SMILES string of the molecule is C=C(OS(=O)(=O)C(F)(F)F)c1ccc(C#N)cc1. The van der Waals surface area contributed by atoms with Gasteiger partial charge in [0.1, 0.15) is 5.76 Å².